The lowest BCUT2D eigenvalue weighted by atomic mass is 10.1. The number of methoxy groups -OCH3 is 2. The largest absolute Gasteiger partial charge is 0.493 e. The van der Waals surface area contributed by atoms with E-state index in [9.17, 15) is 10.1 Å². The predicted molar refractivity (Wildman–Crippen MR) is 101 cm³/mol. The van der Waals surface area contributed by atoms with E-state index in [0.29, 0.717) is 35.8 Å². The van der Waals surface area contributed by atoms with Gasteiger partial charge in [-0.25, -0.2) is 9.97 Å². The first kappa shape index (κ1) is 17.3. The third-order valence-electron chi connectivity index (χ3n) is 4.62. The van der Waals surface area contributed by atoms with Crippen molar-refractivity contribution in [3.8, 4) is 11.5 Å². The number of ether oxygens (including phenoxy) is 2. The lowest BCUT2D eigenvalue weighted by molar-refractivity contribution is -0.384. The third-order valence-corrected chi connectivity index (χ3v) is 4.92. The fourth-order valence-electron chi connectivity index (χ4n) is 3.34. The summed E-state index contributed by atoms with van der Waals surface area (Å²) < 4.78 is 10.7. The molecular weight excluding hydrogens is 372 g/mol. The van der Waals surface area contributed by atoms with E-state index in [0.717, 1.165) is 16.6 Å². The smallest absolute Gasteiger partial charge is 0.288 e. The Hall–Kier alpha value is -3.13. The number of rotatable bonds is 4. The van der Waals surface area contributed by atoms with Crippen molar-refractivity contribution in [2.45, 2.75) is 6.42 Å². The summed E-state index contributed by atoms with van der Waals surface area (Å²) >= 11 is 6.12. The van der Waals surface area contributed by atoms with Crippen molar-refractivity contribution in [3.63, 3.8) is 0 Å². The number of aromatic nitrogens is 2. The van der Waals surface area contributed by atoms with Crippen LogP contribution in [0.15, 0.2) is 30.6 Å². The van der Waals surface area contributed by atoms with Crippen LogP contribution in [-0.2, 0) is 6.42 Å². The number of hydrogen-bond donors (Lipinski definition) is 0. The van der Waals surface area contributed by atoms with Crippen molar-refractivity contribution in [2.24, 2.45) is 0 Å². The number of nitro groups is 1. The molecule has 0 saturated carbocycles. The van der Waals surface area contributed by atoms with Gasteiger partial charge in [-0.05, 0) is 24.1 Å². The molecule has 8 nitrogen and oxygen atoms in total. The van der Waals surface area contributed by atoms with Gasteiger partial charge in [-0.2, -0.15) is 0 Å². The van der Waals surface area contributed by atoms with Gasteiger partial charge in [0.1, 0.15) is 17.2 Å². The molecule has 0 N–H and O–H groups in total. The molecule has 9 heteroatoms. The summed E-state index contributed by atoms with van der Waals surface area (Å²) in [5, 5.41) is 12.0. The Morgan fingerprint density at radius 2 is 1.89 bits per heavy atom. The summed E-state index contributed by atoms with van der Waals surface area (Å²) in [5.74, 6) is 1.84. The fourth-order valence-corrected chi connectivity index (χ4v) is 3.57. The van der Waals surface area contributed by atoms with E-state index in [1.807, 2.05) is 11.0 Å². The molecule has 0 aliphatic carbocycles. The number of anilines is 2. The van der Waals surface area contributed by atoms with E-state index >= 15 is 0 Å². The van der Waals surface area contributed by atoms with E-state index in [4.69, 9.17) is 21.1 Å². The van der Waals surface area contributed by atoms with Gasteiger partial charge >= 0.3 is 0 Å². The van der Waals surface area contributed by atoms with E-state index in [-0.39, 0.29) is 10.7 Å². The van der Waals surface area contributed by atoms with Gasteiger partial charge in [-0.3, -0.25) is 10.1 Å². The molecule has 1 aromatic heterocycles. The van der Waals surface area contributed by atoms with Gasteiger partial charge in [0.15, 0.2) is 11.5 Å². The average molecular weight is 387 g/mol. The third kappa shape index (κ3) is 2.78. The molecule has 1 aliphatic rings. The number of nitrogens with zero attached hydrogens (tertiary/aromatic N) is 4. The van der Waals surface area contributed by atoms with Crippen molar-refractivity contribution < 1.29 is 14.4 Å². The second-order valence-corrected chi connectivity index (χ2v) is 6.42. The lowest BCUT2D eigenvalue weighted by Crippen LogP contribution is -2.15. The molecule has 0 saturated heterocycles. The fraction of sp³-hybridized carbons (Fsp3) is 0.222. The molecule has 0 radical (unpaired) electrons. The van der Waals surface area contributed by atoms with Crippen LogP contribution in [0.5, 0.6) is 11.5 Å². The molecule has 0 amide bonds. The zero-order valence-corrected chi connectivity index (χ0v) is 15.4. The molecule has 0 unspecified atom stereocenters. The highest BCUT2D eigenvalue weighted by Gasteiger charge is 2.27. The molecule has 0 fully saturated rings. The van der Waals surface area contributed by atoms with Crippen molar-refractivity contribution in [2.75, 3.05) is 25.7 Å². The maximum Gasteiger partial charge on any atom is 0.288 e. The second kappa shape index (κ2) is 6.55. The molecule has 0 atom stereocenters. The Morgan fingerprint density at radius 1 is 1.15 bits per heavy atom. The molecule has 27 heavy (non-hydrogen) atoms. The van der Waals surface area contributed by atoms with Crippen LogP contribution in [0.1, 0.15) is 5.56 Å². The molecular formula is C18H15ClN4O4. The van der Waals surface area contributed by atoms with Crippen LogP contribution in [0, 0.1) is 10.1 Å². The summed E-state index contributed by atoms with van der Waals surface area (Å²) in [6.07, 6.45) is 2.14. The predicted octanol–water partition coefficient (Wildman–Crippen LogP) is 3.90. The molecule has 2 aromatic carbocycles. The molecule has 138 valence electrons. The molecule has 3 aromatic rings. The van der Waals surface area contributed by atoms with Crippen LogP contribution < -0.4 is 14.4 Å². The zero-order chi connectivity index (χ0) is 19.1. The first-order valence-corrected chi connectivity index (χ1v) is 8.52. The summed E-state index contributed by atoms with van der Waals surface area (Å²) in [7, 11) is 3.13. The number of halogens is 1. The Bertz CT molecular complexity index is 1070. The van der Waals surface area contributed by atoms with Gasteiger partial charge < -0.3 is 14.4 Å². The minimum Gasteiger partial charge on any atom is -0.493 e. The summed E-state index contributed by atoms with van der Waals surface area (Å²) in [4.78, 5) is 21.4. The van der Waals surface area contributed by atoms with Crippen LogP contribution in [0.3, 0.4) is 0 Å². The van der Waals surface area contributed by atoms with Crippen molar-refractivity contribution >= 4 is 39.7 Å². The van der Waals surface area contributed by atoms with Crippen LogP contribution >= 0.6 is 11.6 Å². The molecule has 0 spiro atoms. The van der Waals surface area contributed by atoms with Crippen LogP contribution in [0.4, 0.5) is 17.2 Å². The zero-order valence-electron chi connectivity index (χ0n) is 14.6. The monoisotopic (exact) mass is 386 g/mol. The highest BCUT2D eigenvalue weighted by Crippen LogP contribution is 2.42. The topological polar surface area (TPSA) is 90.6 Å². The van der Waals surface area contributed by atoms with Crippen LogP contribution in [-0.4, -0.2) is 35.7 Å². The Balaban J connectivity index is 1.88. The SMILES string of the molecule is COc1cc2ncnc(N3CCc4cc([N+](=O)[O-])c(Cl)cc43)c2cc1OC. The Morgan fingerprint density at radius 3 is 2.59 bits per heavy atom. The number of hydrogen-bond acceptors (Lipinski definition) is 7. The van der Waals surface area contributed by atoms with Gasteiger partial charge in [0.05, 0.1) is 24.7 Å². The standard InChI is InChI=1S/C18H15ClN4O4/c1-26-16-6-11-13(8-17(16)27-2)20-9-21-18(11)22-4-3-10-5-15(23(24)25)12(19)7-14(10)22/h5-9H,3-4H2,1-2H3. The quantitative estimate of drug-likeness (QED) is 0.496. The highest BCUT2D eigenvalue weighted by atomic mass is 35.5. The average Bonchev–Trinajstić information content (AvgIpc) is 3.07. The number of benzene rings is 2. The van der Waals surface area contributed by atoms with Crippen molar-refractivity contribution in [3.05, 3.63) is 51.3 Å². The van der Waals surface area contributed by atoms with Crippen LogP contribution in [0.2, 0.25) is 5.02 Å². The van der Waals surface area contributed by atoms with Crippen molar-refractivity contribution in [1.82, 2.24) is 9.97 Å². The van der Waals surface area contributed by atoms with E-state index in [2.05, 4.69) is 9.97 Å². The minimum atomic E-state index is -0.470. The van der Waals surface area contributed by atoms with Gasteiger partial charge in [0.25, 0.3) is 5.69 Å². The summed E-state index contributed by atoms with van der Waals surface area (Å²) in [5.41, 5.74) is 2.29. The summed E-state index contributed by atoms with van der Waals surface area (Å²) in [6, 6.07) is 6.77. The normalized spacial score (nSPS) is 12.9. The van der Waals surface area contributed by atoms with E-state index < -0.39 is 4.92 Å². The van der Waals surface area contributed by atoms with Crippen LogP contribution in [0.25, 0.3) is 10.9 Å². The first-order valence-electron chi connectivity index (χ1n) is 8.14. The van der Waals surface area contributed by atoms with Crippen molar-refractivity contribution in [1.29, 1.82) is 0 Å². The van der Waals surface area contributed by atoms with Gasteiger partial charge in [0, 0.05) is 29.8 Å². The minimum absolute atomic E-state index is 0.0868. The summed E-state index contributed by atoms with van der Waals surface area (Å²) in [6.45, 7) is 0.632. The molecule has 4 rings (SSSR count). The van der Waals surface area contributed by atoms with Gasteiger partial charge in [-0.15, -0.1) is 0 Å². The highest BCUT2D eigenvalue weighted by molar-refractivity contribution is 6.33. The number of nitro benzene ring substituents is 1. The molecule has 0 bridgehead atoms. The van der Waals surface area contributed by atoms with E-state index in [1.54, 1.807) is 26.4 Å². The first-order chi connectivity index (χ1) is 13.0. The Labute approximate surface area is 159 Å². The Kier molecular flexibility index (Phi) is 4.19. The number of fused-ring (bicyclic) bond motifs is 2. The maximum atomic E-state index is 11.1. The van der Waals surface area contributed by atoms with Gasteiger partial charge in [0.2, 0.25) is 0 Å². The lowest BCUT2D eigenvalue weighted by Gasteiger charge is -2.20. The molecule has 2 heterocycles. The van der Waals surface area contributed by atoms with Gasteiger partial charge in [-0.1, -0.05) is 11.6 Å². The molecule has 1 aliphatic heterocycles. The maximum absolute atomic E-state index is 11.1. The van der Waals surface area contributed by atoms with E-state index in [1.165, 1.54) is 12.4 Å². The second-order valence-electron chi connectivity index (χ2n) is 6.01.